The summed E-state index contributed by atoms with van der Waals surface area (Å²) in [4.78, 5) is 0.317. The van der Waals surface area contributed by atoms with E-state index in [2.05, 4.69) is 0 Å². The number of nitrogen functional groups attached to an aromatic ring is 1. The molecule has 4 rings (SSSR count). The summed E-state index contributed by atoms with van der Waals surface area (Å²) in [6.07, 6.45) is 0. The Labute approximate surface area is 184 Å². The average Bonchev–Trinajstić information content (AvgIpc) is 2.71. The number of sulfone groups is 1. The second kappa shape index (κ2) is 9.04. The first-order chi connectivity index (χ1) is 14.2. The molecule has 2 N–H and O–H groups in total. The molecular weight excluding hydrogens is 444 g/mol. The van der Waals surface area contributed by atoms with Crippen molar-refractivity contribution in [2.45, 2.75) is 16.7 Å². The van der Waals surface area contributed by atoms with Gasteiger partial charge in [0, 0.05) is 15.4 Å². The molecule has 154 valence electrons. The summed E-state index contributed by atoms with van der Waals surface area (Å²) in [5, 5.41) is 2.38. The van der Waals surface area contributed by atoms with Gasteiger partial charge in [-0.25, -0.2) is 12.8 Å². The van der Waals surface area contributed by atoms with Crippen LogP contribution in [0.2, 0.25) is 10.0 Å². The number of hydrogen-bond acceptors (Lipinski definition) is 3. The summed E-state index contributed by atoms with van der Waals surface area (Å²) in [5.41, 5.74) is 6.80. The fraction of sp³-hybridized carbons (Fsp3) is 0.0435. The maximum absolute atomic E-state index is 12.9. The number of anilines is 1. The van der Waals surface area contributed by atoms with Gasteiger partial charge in [0.2, 0.25) is 9.84 Å². The van der Waals surface area contributed by atoms with Crippen LogP contribution in [0.3, 0.4) is 0 Å². The van der Waals surface area contributed by atoms with Gasteiger partial charge in [0.05, 0.1) is 10.6 Å². The van der Waals surface area contributed by atoms with E-state index in [0.717, 1.165) is 5.39 Å². The number of benzene rings is 4. The Balaban J connectivity index is 0.000000239. The van der Waals surface area contributed by atoms with Gasteiger partial charge in [-0.2, -0.15) is 0 Å². The molecule has 0 spiro atoms. The van der Waals surface area contributed by atoms with Crippen LogP contribution in [-0.2, 0) is 9.84 Å². The first kappa shape index (κ1) is 22.1. The van der Waals surface area contributed by atoms with Gasteiger partial charge in [0.15, 0.2) is 0 Å². The molecule has 0 saturated heterocycles. The fourth-order valence-corrected chi connectivity index (χ4v) is 4.73. The minimum atomic E-state index is -3.70. The molecule has 0 unspecified atom stereocenters. The Hall–Kier alpha value is -2.60. The van der Waals surface area contributed by atoms with Gasteiger partial charge in [-0.1, -0.05) is 59.6 Å². The molecule has 0 fully saturated rings. The Morgan fingerprint density at radius 1 is 0.833 bits per heavy atom. The SMILES string of the molecule is Cc1ccc(Cl)cc1F.Nc1ccc2ccccc2c1S(=O)(=O)c1ccc(Cl)cc1. The van der Waals surface area contributed by atoms with Gasteiger partial charge in [0.25, 0.3) is 0 Å². The number of fused-ring (bicyclic) bond motifs is 1. The van der Waals surface area contributed by atoms with E-state index < -0.39 is 9.84 Å². The topological polar surface area (TPSA) is 60.2 Å². The Morgan fingerprint density at radius 3 is 2.10 bits per heavy atom. The van der Waals surface area contributed by atoms with Crippen molar-refractivity contribution >= 4 is 49.5 Å². The lowest BCUT2D eigenvalue weighted by Crippen LogP contribution is -2.06. The van der Waals surface area contributed by atoms with E-state index in [1.165, 1.54) is 18.2 Å². The summed E-state index contributed by atoms with van der Waals surface area (Å²) >= 11 is 11.3. The van der Waals surface area contributed by atoms with Crippen molar-refractivity contribution in [1.82, 2.24) is 0 Å². The number of nitrogens with two attached hydrogens (primary N) is 1. The van der Waals surface area contributed by atoms with E-state index in [0.29, 0.717) is 21.0 Å². The van der Waals surface area contributed by atoms with Gasteiger partial charge < -0.3 is 5.73 Å². The summed E-state index contributed by atoms with van der Waals surface area (Å²) in [6.45, 7) is 1.70. The van der Waals surface area contributed by atoms with Crippen LogP contribution in [0.15, 0.2) is 88.7 Å². The van der Waals surface area contributed by atoms with E-state index >= 15 is 0 Å². The van der Waals surface area contributed by atoms with E-state index in [1.807, 2.05) is 18.2 Å². The van der Waals surface area contributed by atoms with Crippen molar-refractivity contribution in [3.63, 3.8) is 0 Å². The highest BCUT2D eigenvalue weighted by molar-refractivity contribution is 7.92. The molecule has 0 amide bonds. The predicted octanol–water partition coefficient (Wildman–Crippen LogP) is 6.70. The Kier molecular flexibility index (Phi) is 6.66. The summed E-state index contributed by atoms with van der Waals surface area (Å²) < 4.78 is 38.2. The molecule has 30 heavy (non-hydrogen) atoms. The van der Waals surface area contributed by atoms with Crippen LogP contribution in [0.1, 0.15) is 5.56 Å². The number of hydrogen-bond donors (Lipinski definition) is 1. The fourth-order valence-electron chi connectivity index (χ4n) is 2.86. The highest BCUT2D eigenvalue weighted by atomic mass is 35.5. The number of halogens is 3. The molecule has 0 aliphatic carbocycles. The third kappa shape index (κ3) is 4.75. The molecule has 0 bridgehead atoms. The molecule has 0 saturated carbocycles. The minimum absolute atomic E-state index is 0.142. The summed E-state index contributed by atoms with van der Waals surface area (Å²) in [6, 6.07) is 21.4. The first-order valence-corrected chi connectivity index (χ1v) is 11.1. The smallest absolute Gasteiger partial charge is 0.209 e. The van der Waals surface area contributed by atoms with E-state index in [4.69, 9.17) is 28.9 Å². The van der Waals surface area contributed by atoms with E-state index in [-0.39, 0.29) is 21.3 Å². The molecule has 0 heterocycles. The van der Waals surface area contributed by atoms with Crippen LogP contribution in [0.25, 0.3) is 10.8 Å². The predicted molar refractivity (Wildman–Crippen MR) is 121 cm³/mol. The summed E-state index contributed by atoms with van der Waals surface area (Å²) in [7, 11) is -3.70. The molecule has 0 radical (unpaired) electrons. The molecule has 3 nitrogen and oxygen atoms in total. The lowest BCUT2D eigenvalue weighted by molar-refractivity contribution is 0.597. The van der Waals surface area contributed by atoms with E-state index in [1.54, 1.807) is 49.4 Å². The highest BCUT2D eigenvalue weighted by Crippen LogP contribution is 2.33. The second-order valence-corrected chi connectivity index (χ2v) is 9.32. The van der Waals surface area contributed by atoms with Crippen LogP contribution in [0, 0.1) is 12.7 Å². The third-order valence-electron chi connectivity index (χ3n) is 4.44. The monoisotopic (exact) mass is 461 g/mol. The zero-order valence-electron chi connectivity index (χ0n) is 15.9. The molecule has 4 aromatic carbocycles. The maximum atomic E-state index is 12.9. The number of rotatable bonds is 2. The van der Waals surface area contributed by atoms with Crippen molar-refractivity contribution in [3.8, 4) is 0 Å². The molecule has 4 aromatic rings. The van der Waals surface area contributed by atoms with Crippen molar-refractivity contribution in [1.29, 1.82) is 0 Å². The van der Waals surface area contributed by atoms with Gasteiger partial charge >= 0.3 is 0 Å². The molecule has 0 aliphatic heterocycles. The maximum Gasteiger partial charge on any atom is 0.209 e. The highest BCUT2D eigenvalue weighted by Gasteiger charge is 2.23. The van der Waals surface area contributed by atoms with Crippen molar-refractivity contribution in [2.24, 2.45) is 0 Å². The Morgan fingerprint density at radius 2 is 1.47 bits per heavy atom. The van der Waals surface area contributed by atoms with Gasteiger partial charge in [-0.3, -0.25) is 0 Å². The zero-order chi connectivity index (χ0) is 21.9. The van der Waals surface area contributed by atoms with Gasteiger partial charge in [-0.15, -0.1) is 0 Å². The van der Waals surface area contributed by atoms with Crippen LogP contribution in [0.5, 0.6) is 0 Å². The van der Waals surface area contributed by atoms with Crippen LogP contribution in [-0.4, -0.2) is 8.42 Å². The van der Waals surface area contributed by atoms with Crippen LogP contribution >= 0.6 is 23.2 Å². The van der Waals surface area contributed by atoms with Crippen molar-refractivity contribution < 1.29 is 12.8 Å². The largest absolute Gasteiger partial charge is 0.398 e. The van der Waals surface area contributed by atoms with Crippen LogP contribution in [0.4, 0.5) is 10.1 Å². The number of aryl methyl sites for hydroxylation is 1. The molecule has 0 atom stereocenters. The average molecular weight is 462 g/mol. The molecule has 7 heteroatoms. The molecule has 0 aliphatic rings. The quantitative estimate of drug-likeness (QED) is 0.338. The minimum Gasteiger partial charge on any atom is -0.398 e. The van der Waals surface area contributed by atoms with E-state index in [9.17, 15) is 12.8 Å². The second-order valence-electron chi connectivity index (χ2n) is 6.56. The van der Waals surface area contributed by atoms with Gasteiger partial charge in [-0.05, 0) is 60.3 Å². The molecule has 0 aromatic heterocycles. The first-order valence-electron chi connectivity index (χ1n) is 8.89. The lowest BCUT2D eigenvalue weighted by Gasteiger charge is -2.11. The standard InChI is InChI=1S/C16H12ClNO2S.C7H6ClF/c17-12-6-8-13(9-7-12)21(19,20)16-14-4-2-1-3-11(14)5-10-15(16)18;1-5-2-3-6(8)4-7(5)9/h1-10H,18H2;2-4H,1H3. The Bertz CT molecular complexity index is 1310. The van der Waals surface area contributed by atoms with Crippen molar-refractivity contribution in [2.75, 3.05) is 5.73 Å². The third-order valence-corrected chi connectivity index (χ3v) is 6.81. The zero-order valence-corrected chi connectivity index (χ0v) is 18.3. The molecular formula is C23H18Cl2FNO2S. The van der Waals surface area contributed by atoms with Gasteiger partial charge in [0.1, 0.15) is 10.7 Å². The normalized spacial score (nSPS) is 11.1. The summed E-state index contributed by atoms with van der Waals surface area (Å²) in [5.74, 6) is -0.248. The lowest BCUT2D eigenvalue weighted by atomic mass is 10.1. The van der Waals surface area contributed by atoms with Crippen molar-refractivity contribution in [3.05, 3.63) is 100 Å². The van der Waals surface area contributed by atoms with Crippen LogP contribution < -0.4 is 5.73 Å².